The van der Waals surface area contributed by atoms with Crippen LogP contribution in [0.2, 0.25) is 0 Å². The van der Waals surface area contributed by atoms with Gasteiger partial charge in [0, 0.05) is 0 Å². The van der Waals surface area contributed by atoms with Gasteiger partial charge < -0.3 is 15.2 Å². The van der Waals surface area contributed by atoms with E-state index >= 15 is 0 Å². The molecular weight excluding hydrogens is 142 g/mol. The van der Waals surface area contributed by atoms with Crippen molar-refractivity contribution >= 4 is 5.69 Å². The quantitative estimate of drug-likeness (QED) is 0.579. The second-order valence-corrected chi connectivity index (χ2v) is 2.34. The predicted octanol–water partition coefficient (Wildman–Crippen LogP) is 0.971. The third-order valence-corrected chi connectivity index (χ3v) is 1.51. The normalized spacial score (nSPS) is 21.4. The SMILES string of the molecule is OC1[CH]Oc2ccccc2N1. The van der Waals surface area contributed by atoms with Gasteiger partial charge in [0.2, 0.25) is 0 Å². The van der Waals surface area contributed by atoms with Gasteiger partial charge in [-0.25, -0.2) is 0 Å². The van der Waals surface area contributed by atoms with Gasteiger partial charge in [0.15, 0.2) is 12.8 Å². The lowest BCUT2D eigenvalue weighted by Gasteiger charge is -2.22. The van der Waals surface area contributed by atoms with Crippen molar-refractivity contribution in [1.29, 1.82) is 0 Å². The molecule has 0 aromatic heterocycles. The number of anilines is 1. The Hall–Kier alpha value is -1.22. The molecule has 57 valence electrons. The van der Waals surface area contributed by atoms with E-state index in [1.54, 1.807) is 0 Å². The molecule has 1 aliphatic heterocycles. The van der Waals surface area contributed by atoms with E-state index in [1.807, 2.05) is 24.3 Å². The number of benzene rings is 1. The van der Waals surface area contributed by atoms with E-state index in [-0.39, 0.29) is 0 Å². The summed E-state index contributed by atoms with van der Waals surface area (Å²) in [5.41, 5.74) is 0.822. The maximum atomic E-state index is 9.06. The highest BCUT2D eigenvalue weighted by molar-refractivity contribution is 5.58. The fourth-order valence-corrected chi connectivity index (χ4v) is 1.02. The summed E-state index contributed by atoms with van der Waals surface area (Å²) in [6, 6.07) is 7.45. The molecule has 0 saturated carbocycles. The van der Waals surface area contributed by atoms with Gasteiger partial charge in [-0.05, 0) is 12.1 Å². The van der Waals surface area contributed by atoms with E-state index in [1.165, 1.54) is 6.61 Å². The summed E-state index contributed by atoms with van der Waals surface area (Å²) in [6.07, 6.45) is -0.704. The summed E-state index contributed by atoms with van der Waals surface area (Å²) < 4.78 is 5.10. The molecule has 1 atom stereocenters. The Morgan fingerprint density at radius 2 is 2.18 bits per heavy atom. The minimum Gasteiger partial charge on any atom is -0.479 e. The maximum absolute atomic E-state index is 9.06. The third-order valence-electron chi connectivity index (χ3n) is 1.51. The van der Waals surface area contributed by atoms with Crippen molar-refractivity contribution < 1.29 is 9.84 Å². The number of aliphatic hydroxyl groups is 1. The molecule has 0 saturated heterocycles. The first-order valence-corrected chi connectivity index (χ1v) is 3.40. The molecular formula is C8H8NO2. The lowest BCUT2D eigenvalue weighted by molar-refractivity contribution is 0.168. The molecule has 11 heavy (non-hydrogen) atoms. The molecule has 0 amide bonds. The molecule has 0 fully saturated rings. The highest BCUT2D eigenvalue weighted by Gasteiger charge is 2.15. The van der Waals surface area contributed by atoms with Crippen LogP contribution in [-0.4, -0.2) is 11.3 Å². The topological polar surface area (TPSA) is 41.5 Å². The fraction of sp³-hybridized carbons (Fsp3) is 0.125. The summed E-state index contributed by atoms with van der Waals surface area (Å²) in [4.78, 5) is 0. The molecule has 1 aromatic carbocycles. The molecule has 0 aliphatic carbocycles. The second kappa shape index (κ2) is 2.43. The van der Waals surface area contributed by atoms with Crippen molar-refractivity contribution in [2.75, 3.05) is 5.32 Å². The summed E-state index contributed by atoms with van der Waals surface area (Å²) >= 11 is 0. The highest BCUT2D eigenvalue weighted by atomic mass is 16.5. The average molecular weight is 150 g/mol. The van der Waals surface area contributed by atoms with Gasteiger partial charge in [-0.3, -0.25) is 0 Å². The molecule has 2 rings (SSSR count). The molecule has 3 heteroatoms. The van der Waals surface area contributed by atoms with E-state index in [9.17, 15) is 0 Å². The molecule has 1 unspecified atom stereocenters. The molecule has 2 N–H and O–H groups in total. The summed E-state index contributed by atoms with van der Waals surface area (Å²) in [5.74, 6) is 0.748. The number of para-hydroxylation sites is 2. The van der Waals surface area contributed by atoms with E-state index in [2.05, 4.69) is 5.32 Å². The van der Waals surface area contributed by atoms with Crippen LogP contribution in [0, 0.1) is 6.61 Å². The number of nitrogens with one attached hydrogen (secondary N) is 1. The second-order valence-electron chi connectivity index (χ2n) is 2.34. The van der Waals surface area contributed by atoms with Crippen LogP contribution in [-0.2, 0) is 0 Å². The molecule has 0 bridgehead atoms. The summed E-state index contributed by atoms with van der Waals surface area (Å²) in [7, 11) is 0. The van der Waals surface area contributed by atoms with Crippen molar-refractivity contribution in [1.82, 2.24) is 0 Å². The van der Waals surface area contributed by atoms with Crippen LogP contribution in [0.25, 0.3) is 0 Å². The fourth-order valence-electron chi connectivity index (χ4n) is 1.02. The van der Waals surface area contributed by atoms with Gasteiger partial charge in [-0.15, -0.1) is 0 Å². The average Bonchev–Trinajstić information content (AvgIpc) is 2.04. The van der Waals surface area contributed by atoms with Gasteiger partial charge in [-0.2, -0.15) is 0 Å². The first-order chi connectivity index (χ1) is 5.36. The van der Waals surface area contributed by atoms with E-state index in [0.717, 1.165) is 11.4 Å². The van der Waals surface area contributed by atoms with Gasteiger partial charge in [0.05, 0.1) is 5.69 Å². The monoisotopic (exact) mass is 150 g/mol. The first-order valence-electron chi connectivity index (χ1n) is 3.40. The lowest BCUT2D eigenvalue weighted by atomic mass is 10.2. The third kappa shape index (κ3) is 1.14. The lowest BCUT2D eigenvalue weighted by Crippen LogP contribution is -2.26. The van der Waals surface area contributed by atoms with E-state index < -0.39 is 6.23 Å². The largest absolute Gasteiger partial charge is 0.479 e. The Bertz CT molecular complexity index is 262. The number of aliphatic hydroxyl groups excluding tert-OH is 1. The molecule has 1 aromatic rings. The number of hydrogen-bond donors (Lipinski definition) is 2. The number of fused-ring (bicyclic) bond motifs is 1. The zero-order chi connectivity index (χ0) is 7.68. The van der Waals surface area contributed by atoms with Crippen molar-refractivity contribution in [2.24, 2.45) is 0 Å². The van der Waals surface area contributed by atoms with Crippen molar-refractivity contribution in [3.63, 3.8) is 0 Å². The molecule has 1 radical (unpaired) electrons. The Labute approximate surface area is 64.6 Å². The van der Waals surface area contributed by atoms with Crippen LogP contribution >= 0.6 is 0 Å². The predicted molar refractivity (Wildman–Crippen MR) is 41.0 cm³/mol. The Balaban J connectivity index is 2.34. The van der Waals surface area contributed by atoms with E-state index in [0.29, 0.717) is 0 Å². The molecule has 3 nitrogen and oxygen atoms in total. The maximum Gasteiger partial charge on any atom is 0.184 e. The summed E-state index contributed by atoms with van der Waals surface area (Å²) in [6.45, 7) is 1.35. The molecule has 0 spiro atoms. The van der Waals surface area contributed by atoms with Crippen LogP contribution in [0.3, 0.4) is 0 Å². The van der Waals surface area contributed by atoms with Crippen molar-refractivity contribution in [3.05, 3.63) is 30.9 Å². The van der Waals surface area contributed by atoms with Crippen molar-refractivity contribution in [3.8, 4) is 5.75 Å². The van der Waals surface area contributed by atoms with Crippen LogP contribution in [0.5, 0.6) is 5.75 Å². The zero-order valence-electron chi connectivity index (χ0n) is 5.82. The van der Waals surface area contributed by atoms with Crippen LogP contribution in [0.4, 0.5) is 5.69 Å². The Morgan fingerprint density at radius 1 is 1.36 bits per heavy atom. The Kier molecular flexibility index (Phi) is 1.43. The van der Waals surface area contributed by atoms with Gasteiger partial charge in [-0.1, -0.05) is 12.1 Å². The van der Waals surface area contributed by atoms with Crippen LogP contribution < -0.4 is 10.1 Å². The van der Waals surface area contributed by atoms with Crippen LogP contribution in [0.15, 0.2) is 24.3 Å². The number of hydrogen-bond acceptors (Lipinski definition) is 3. The molecule has 1 aliphatic rings. The zero-order valence-corrected chi connectivity index (χ0v) is 5.82. The van der Waals surface area contributed by atoms with Crippen LogP contribution in [0.1, 0.15) is 0 Å². The first kappa shape index (κ1) is 6.49. The number of ether oxygens (including phenoxy) is 1. The Morgan fingerprint density at radius 3 is 3.09 bits per heavy atom. The van der Waals surface area contributed by atoms with Gasteiger partial charge in [0.1, 0.15) is 5.75 Å². The smallest absolute Gasteiger partial charge is 0.184 e. The van der Waals surface area contributed by atoms with Gasteiger partial charge in [0.25, 0.3) is 0 Å². The van der Waals surface area contributed by atoms with E-state index in [4.69, 9.17) is 9.84 Å². The molecule has 1 heterocycles. The standard InChI is InChI=1S/C8H8NO2/c10-8-5-11-7-4-2-1-3-6(7)9-8/h1-5,8-10H. The minimum absolute atomic E-state index is 0.704. The highest BCUT2D eigenvalue weighted by Crippen LogP contribution is 2.28. The van der Waals surface area contributed by atoms with Crippen molar-refractivity contribution in [2.45, 2.75) is 6.23 Å². The minimum atomic E-state index is -0.704. The number of rotatable bonds is 0. The summed E-state index contributed by atoms with van der Waals surface area (Å²) in [5, 5.41) is 11.9. The van der Waals surface area contributed by atoms with Gasteiger partial charge >= 0.3 is 0 Å².